The van der Waals surface area contributed by atoms with Crippen molar-refractivity contribution in [2.24, 2.45) is 5.41 Å². The van der Waals surface area contributed by atoms with Gasteiger partial charge in [-0.15, -0.1) is 0 Å². The molecule has 0 radical (unpaired) electrons. The van der Waals surface area contributed by atoms with Gasteiger partial charge in [0.15, 0.2) is 17.7 Å². The van der Waals surface area contributed by atoms with Gasteiger partial charge in [-0.1, -0.05) is 18.5 Å². The molecule has 2 aromatic heterocycles. The lowest BCUT2D eigenvalue weighted by atomic mass is 9.97. The number of hydrogen-bond donors (Lipinski definition) is 1. The fourth-order valence-corrected chi connectivity index (χ4v) is 10.1. The number of anilines is 2. The molecule has 1 aliphatic carbocycles. The number of rotatable bonds is 11. The third-order valence-corrected chi connectivity index (χ3v) is 13.8. The van der Waals surface area contributed by atoms with Crippen LogP contribution in [0.15, 0.2) is 17.7 Å². The first-order valence-electron chi connectivity index (χ1n) is 19.6. The van der Waals surface area contributed by atoms with Gasteiger partial charge in [0, 0.05) is 48.8 Å². The molecule has 3 aromatic rings. The number of halogens is 8. The molecule has 13 nitrogen and oxygen atoms in total. The van der Waals surface area contributed by atoms with E-state index in [-0.39, 0.29) is 67.0 Å². The quantitative estimate of drug-likeness (QED) is 0.124. The van der Waals surface area contributed by atoms with E-state index in [1.54, 1.807) is 23.6 Å². The Morgan fingerprint density at radius 2 is 1.87 bits per heavy atom. The van der Waals surface area contributed by atoms with Crippen molar-refractivity contribution in [3.8, 4) is 23.1 Å². The number of carbonyl (C=O) groups is 1. The van der Waals surface area contributed by atoms with Crippen LogP contribution in [0.5, 0.6) is 11.9 Å². The number of nitrogens with two attached hydrogens (primary N) is 1. The number of hydrogen-bond acceptors (Lipinski definition) is 12. The Labute approximate surface area is 345 Å². The molecule has 3 saturated heterocycles. The topological polar surface area (TPSA) is 153 Å². The first-order valence-corrected chi connectivity index (χ1v) is 21.5. The highest BCUT2D eigenvalue weighted by Crippen LogP contribution is 2.51. The van der Waals surface area contributed by atoms with Gasteiger partial charge in [0.25, 0.3) is 22.1 Å². The lowest BCUT2D eigenvalue weighted by Crippen LogP contribution is -2.66. The van der Waals surface area contributed by atoms with Crippen molar-refractivity contribution in [3.05, 3.63) is 39.9 Å². The fraction of sp³-hybridized carbons (Fsp3) is 0.579. The highest BCUT2D eigenvalue weighted by molar-refractivity contribution is 7.86. The SMILES string of the molecule is CC[C@@H](OS(=O)(=O)CC)C(=O)N1[C@@H]2CC[C@H]1[C@H]1[C@H](C)Oc3nc(-c4cc(N)c(F)c(Cl)c4C(F)(F)F)c(F)c4nc(OCC5(CN6CCC(=C(F)F)C6)CC5)nc(c34)N1C2. The maximum atomic E-state index is 17.1. The standard InChI is InChI=1S/C38H41ClF7N7O6S/c1-4-23(59-60(55,56)5-2)35(54)53-19-6-7-22(53)31-17(3)58-34-24-30(28(41)29(48-34)20-12-21(47)27(40)26(39)25(20)38(44,45)46)49-36(50-33(24)52(31)14-19)57-16-37(9-10-37)15-51-11-8-18(13-51)32(42)43/h12,17,19,22-23,31H,4-11,13-16,47H2,1-3H3/t17-,19+,22-,23+,31+/m0/s1. The van der Waals surface area contributed by atoms with Gasteiger partial charge in [0.05, 0.1) is 40.7 Å². The minimum atomic E-state index is -5.30. The van der Waals surface area contributed by atoms with Crippen LogP contribution in [0.1, 0.15) is 64.9 Å². The summed E-state index contributed by atoms with van der Waals surface area (Å²) >= 11 is 5.88. The van der Waals surface area contributed by atoms with Gasteiger partial charge >= 0.3 is 12.2 Å². The molecule has 5 aliphatic rings. The van der Waals surface area contributed by atoms with Gasteiger partial charge in [0.2, 0.25) is 5.88 Å². The first kappa shape index (κ1) is 42.5. The van der Waals surface area contributed by atoms with Gasteiger partial charge in [0.1, 0.15) is 28.5 Å². The number of nitrogens with zero attached hydrogens (tertiary/aromatic N) is 6. The smallest absolute Gasteiger partial charge is 0.418 e. The van der Waals surface area contributed by atoms with Gasteiger partial charge in [-0.25, -0.2) is 13.8 Å². The molecule has 4 aliphatic heterocycles. The highest BCUT2D eigenvalue weighted by atomic mass is 35.5. The Morgan fingerprint density at radius 3 is 2.50 bits per heavy atom. The van der Waals surface area contributed by atoms with Crippen LogP contribution in [0.2, 0.25) is 5.02 Å². The van der Waals surface area contributed by atoms with E-state index in [4.69, 9.17) is 36.0 Å². The number of piperazine rings is 1. The number of fused-ring (bicyclic) bond motifs is 5. The summed E-state index contributed by atoms with van der Waals surface area (Å²) in [4.78, 5) is 32.7. The van der Waals surface area contributed by atoms with Gasteiger partial charge in [-0.2, -0.15) is 40.3 Å². The molecule has 1 saturated carbocycles. The second-order valence-corrected chi connectivity index (χ2v) is 18.4. The van der Waals surface area contributed by atoms with Crippen molar-refractivity contribution in [1.29, 1.82) is 0 Å². The Hall–Kier alpha value is -4.21. The fourth-order valence-electron chi connectivity index (χ4n) is 9.04. The molecule has 2 N–H and O–H groups in total. The molecule has 60 heavy (non-hydrogen) atoms. The van der Waals surface area contributed by atoms with Crippen molar-refractivity contribution in [3.63, 3.8) is 0 Å². The second-order valence-electron chi connectivity index (χ2n) is 16.1. The predicted molar refractivity (Wildman–Crippen MR) is 204 cm³/mol. The molecule has 4 fully saturated rings. The number of amides is 1. The van der Waals surface area contributed by atoms with E-state index in [1.807, 2.05) is 4.90 Å². The minimum absolute atomic E-state index is 0.00325. The molecule has 6 heterocycles. The number of pyridine rings is 1. The van der Waals surface area contributed by atoms with Gasteiger partial charge in [-0.05, 0) is 58.4 Å². The van der Waals surface area contributed by atoms with Crippen LogP contribution >= 0.6 is 11.6 Å². The minimum Gasteiger partial charge on any atom is -0.472 e. The Morgan fingerprint density at radius 1 is 1.13 bits per heavy atom. The maximum Gasteiger partial charge on any atom is 0.418 e. The molecule has 22 heteroatoms. The van der Waals surface area contributed by atoms with Crippen molar-refractivity contribution in [2.75, 3.05) is 49.2 Å². The summed E-state index contributed by atoms with van der Waals surface area (Å²) in [7, 11) is -4.01. The number of ether oxygens (including phenoxy) is 2. The van der Waals surface area contributed by atoms with Crippen molar-refractivity contribution in [1.82, 2.24) is 24.8 Å². The number of alkyl halides is 3. The van der Waals surface area contributed by atoms with Crippen LogP contribution in [0.3, 0.4) is 0 Å². The molecule has 0 spiro atoms. The normalized spacial score (nSPS) is 24.0. The van der Waals surface area contributed by atoms with Gasteiger partial charge in [-0.3, -0.25) is 13.9 Å². The van der Waals surface area contributed by atoms with Gasteiger partial charge < -0.3 is 25.0 Å². The Bertz CT molecular complexity index is 2400. The molecule has 5 atom stereocenters. The predicted octanol–water partition coefficient (Wildman–Crippen LogP) is 6.71. The summed E-state index contributed by atoms with van der Waals surface area (Å²) in [6.07, 6.45) is -6.61. The zero-order chi connectivity index (χ0) is 43.2. The Balaban J connectivity index is 1.23. The largest absolute Gasteiger partial charge is 0.472 e. The molecule has 1 amide bonds. The number of carbonyl (C=O) groups excluding carboxylic acids is 1. The summed E-state index contributed by atoms with van der Waals surface area (Å²) in [6, 6.07) is -1.64. The summed E-state index contributed by atoms with van der Waals surface area (Å²) in [5.74, 6) is -4.13. The van der Waals surface area contributed by atoms with E-state index in [1.165, 1.54) is 6.92 Å². The van der Waals surface area contributed by atoms with Crippen LogP contribution in [-0.4, -0.2) is 108 Å². The number of benzene rings is 1. The molecule has 0 unspecified atom stereocenters. The molecular formula is C38H41ClF7N7O6S. The van der Waals surface area contributed by atoms with Crippen LogP contribution in [-0.2, 0) is 25.3 Å². The van der Waals surface area contributed by atoms with Crippen LogP contribution in [0.4, 0.5) is 42.2 Å². The summed E-state index contributed by atoms with van der Waals surface area (Å²) < 4.78 is 145. The summed E-state index contributed by atoms with van der Waals surface area (Å²) in [5, 5.41) is -1.50. The number of likely N-dealkylation sites (tertiary alicyclic amines) is 1. The van der Waals surface area contributed by atoms with E-state index in [9.17, 15) is 39.6 Å². The van der Waals surface area contributed by atoms with E-state index < -0.39 is 109 Å². The van der Waals surface area contributed by atoms with E-state index in [2.05, 4.69) is 9.97 Å². The average Bonchev–Trinajstić information content (AvgIpc) is 3.71. The molecule has 1 aromatic carbocycles. The van der Waals surface area contributed by atoms with E-state index >= 15 is 4.39 Å². The Kier molecular flexibility index (Phi) is 10.8. The van der Waals surface area contributed by atoms with Crippen molar-refractivity contribution in [2.45, 2.75) is 95.8 Å². The second kappa shape index (κ2) is 15.3. The number of nitrogen functional groups attached to an aromatic ring is 1. The molecular weight excluding hydrogens is 851 g/mol. The monoisotopic (exact) mass is 891 g/mol. The molecule has 2 bridgehead atoms. The average molecular weight is 892 g/mol. The van der Waals surface area contributed by atoms with Crippen LogP contribution in [0, 0.1) is 17.0 Å². The number of aromatic nitrogens is 3. The van der Waals surface area contributed by atoms with E-state index in [0.29, 0.717) is 44.8 Å². The van der Waals surface area contributed by atoms with Crippen molar-refractivity contribution < 1.29 is 57.6 Å². The lowest BCUT2D eigenvalue weighted by molar-refractivity contribution is -0.143. The molecule has 326 valence electrons. The first-order chi connectivity index (χ1) is 28.3. The van der Waals surface area contributed by atoms with Crippen LogP contribution < -0.4 is 20.1 Å². The van der Waals surface area contributed by atoms with Crippen molar-refractivity contribution >= 4 is 50.0 Å². The molecule has 8 rings (SSSR count). The third kappa shape index (κ3) is 7.46. The summed E-state index contributed by atoms with van der Waals surface area (Å²) in [5.41, 5.74) is 0.332. The highest BCUT2D eigenvalue weighted by Gasteiger charge is 2.54. The maximum absolute atomic E-state index is 17.1. The zero-order valence-corrected chi connectivity index (χ0v) is 34.2. The lowest BCUT2D eigenvalue weighted by Gasteiger charge is -2.48. The summed E-state index contributed by atoms with van der Waals surface area (Å²) in [6.45, 7) is 5.72. The zero-order valence-electron chi connectivity index (χ0n) is 32.6. The van der Waals surface area contributed by atoms with Crippen LogP contribution in [0.25, 0.3) is 22.2 Å². The third-order valence-electron chi connectivity index (χ3n) is 12.2. The van der Waals surface area contributed by atoms with E-state index in [0.717, 1.165) is 0 Å².